The van der Waals surface area contributed by atoms with Gasteiger partial charge in [-0.3, -0.25) is 4.79 Å². The maximum Gasteiger partial charge on any atom is 0.420 e. The van der Waals surface area contributed by atoms with Gasteiger partial charge >= 0.3 is 6.18 Å². The largest absolute Gasteiger partial charge is 0.420 e. The van der Waals surface area contributed by atoms with Crippen LogP contribution in [-0.2, 0) is 20.7 Å². The van der Waals surface area contributed by atoms with Crippen molar-refractivity contribution in [2.24, 2.45) is 4.36 Å². The van der Waals surface area contributed by atoms with Gasteiger partial charge in [0.1, 0.15) is 5.56 Å². The van der Waals surface area contributed by atoms with E-state index in [4.69, 9.17) is 0 Å². The van der Waals surface area contributed by atoms with Crippen molar-refractivity contribution >= 4 is 27.1 Å². The van der Waals surface area contributed by atoms with Gasteiger partial charge in [-0.1, -0.05) is 0 Å². The molecule has 1 aromatic heterocycles. The number of pyridine rings is 1. The zero-order valence-electron chi connectivity index (χ0n) is 10.4. The molecule has 106 valence electrons. The predicted octanol–water partition coefficient (Wildman–Crippen LogP) is 2.42. The number of alkyl halides is 3. The number of aromatic nitrogens is 1. The van der Waals surface area contributed by atoms with Crippen LogP contribution in [0.3, 0.4) is 0 Å². The summed E-state index contributed by atoms with van der Waals surface area (Å²) in [6.45, 7) is 1.16. The van der Waals surface area contributed by atoms with Crippen LogP contribution < -0.4 is 5.32 Å². The minimum atomic E-state index is -4.70. The van der Waals surface area contributed by atoms with E-state index in [9.17, 15) is 22.2 Å². The lowest BCUT2D eigenvalue weighted by atomic mass is 10.2. The maximum atomic E-state index is 12.8. The summed E-state index contributed by atoms with van der Waals surface area (Å²) in [5, 5.41) is 2.19. The minimum absolute atomic E-state index is 0.0996. The van der Waals surface area contributed by atoms with Crippen molar-refractivity contribution in [1.82, 2.24) is 4.98 Å². The molecule has 19 heavy (non-hydrogen) atoms. The molecule has 0 bridgehead atoms. The van der Waals surface area contributed by atoms with Gasteiger partial charge in [0.15, 0.2) is 5.82 Å². The SMILES string of the molecule is CC(=O)Nc1cnc(N=S(C)(C)=O)c(C(F)(F)F)c1. The first-order valence-corrected chi connectivity index (χ1v) is 7.34. The molecule has 0 fully saturated rings. The Labute approximate surface area is 108 Å². The monoisotopic (exact) mass is 295 g/mol. The van der Waals surface area contributed by atoms with Crippen LogP contribution >= 0.6 is 0 Å². The molecule has 0 aliphatic rings. The number of carbonyl (C=O) groups is 1. The van der Waals surface area contributed by atoms with Crippen molar-refractivity contribution < 1.29 is 22.2 Å². The zero-order chi connectivity index (χ0) is 14.8. The zero-order valence-corrected chi connectivity index (χ0v) is 11.2. The van der Waals surface area contributed by atoms with Gasteiger partial charge in [0, 0.05) is 29.2 Å². The van der Waals surface area contributed by atoms with Gasteiger partial charge in [-0.15, -0.1) is 0 Å². The smallest absolute Gasteiger partial charge is 0.325 e. The summed E-state index contributed by atoms with van der Waals surface area (Å²) in [5.74, 6) is -1.18. The van der Waals surface area contributed by atoms with E-state index in [2.05, 4.69) is 14.7 Å². The number of rotatable bonds is 2. The van der Waals surface area contributed by atoms with E-state index in [-0.39, 0.29) is 5.69 Å². The summed E-state index contributed by atoms with van der Waals surface area (Å²) in [4.78, 5) is 14.3. The summed E-state index contributed by atoms with van der Waals surface area (Å²) in [6.07, 6.45) is -1.27. The minimum Gasteiger partial charge on any atom is -0.325 e. The van der Waals surface area contributed by atoms with E-state index in [1.54, 1.807) is 0 Å². The number of carbonyl (C=O) groups excluding carboxylic acids is 1. The van der Waals surface area contributed by atoms with Crippen LogP contribution in [0.4, 0.5) is 24.7 Å². The Kier molecular flexibility index (Phi) is 4.18. The molecule has 0 atom stereocenters. The lowest BCUT2D eigenvalue weighted by Gasteiger charge is -2.11. The summed E-state index contributed by atoms with van der Waals surface area (Å²) in [6, 6.07) is 0.707. The Bertz CT molecular complexity index is 611. The number of hydrogen-bond acceptors (Lipinski definition) is 4. The highest BCUT2D eigenvalue weighted by atomic mass is 32.2. The third-order valence-electron chi connectivity index (χ3n) is 1.80. The number of halogens is 3. The highest BCUT2D eigenvalue weighted by Crippen LogP contribution is 2.36. The Morgan fingerprint density at radius 1 is 1.42 bits per heavy atom. The van der Waals surface area contributed by atoms with E-state index in [1.807, 2.05) is 0 Å². The lowest BCUT2D eigenvalue weighted by Crippen LogP contribution is -2.11. The molecular weight excluding hydrogens is 283 g/mol. The molecule has 9 heteroatoms. The van der Waals surface area contributed by atoms with Gasteiger partial charge in [0.25, 0.3) is 0 Å². The molecule has 0 unspecified atom stereocenters. The van der Waals surface area contributed by atoms with E-state index in [0.717, 1.165) is 13.1 Å². The number of nitrogens with one attached hydrogen (secondary N) is 1. The van der Waals surface area contributed by atoms with Crippen LogP contribution in [0.25, 0.3) is 0 Å². The molecule has 1 N–H and O–H groups in total. The van der Waals surface area contributed by atoms with E-state index >= 15 is 0 Å². The van der Waals surface area contributed by atoms with Gasteiger partial charge < -0.3 is 5.32 Å². The van der Waals surface area contributed by atoms with E-state index in [1.165, 1.54) is 12.5 Å². The third kappa shape index (κ3) is 4.86. The Balaban J connectivity index is 3.42. The fourth-order valence-electron chi connectivity index (χ4n) is 1.22. The standard InChI is InChI=1S/C10H12F3N3O2S/c1-6(17)15-7-4-8(10(11,12)13)9(14-5-7)16-19(2,3)18/h4-5H,1-3H3,(H,15,17). The van der Waals surface area contributed by atoms with Gasteiger partial charge in [-0.25, -0.2) is 9.19 Å². The van der Waals surface area contributed by atoms with Crippen molar-refractivity contribution in [3.63, 3.8) is 0 Å². The fraction of sp³-hybridized carbons (Fsp3) is 0.400. The van der Waals surface area contributed by atoms with Crippen LogP contribution in [0.1, 0.15) is 12.5 Å². The molecule has 0 radical (unpaired) electrons. The molecule has 0 aromatic carbocycles. The summed E-state index contributed by atoms with van der Waals surface area (Å²) in [7, 11) is -2.77. The molecule has 0 aliphatic carbocycles. The van der Waals surface area contributed by atoms with Gasteiger partial charge in [0.2, 0.25) is 5.91 Å². The first kappa shape index (κ1) is 15.4. The summed E-state index contributed by atoms with van der Waals surface area (Å²) in [5.41, 5.74) is -1.24. The first-order chi connectivity index (χ1) is 8.49. The molecular formula is C10H12F3N3O2S. The molecule has 0 aliphatic heterocycles. The topological polar surface area (TPSA) is 71.4 Å². The maximum absolute atomic E-state index is 12.8. The van der Waals surface area contributed by atoms with Crippen molar-refractivity contribution in [3.05, 3.63) is 17.8 Å². The number of hydrogen-bond donors (Lipinski definition) is 1. The fourth-order valence-corrected chi connectivity index (χ4v) is 1.78. The van der Waals surface area contributed by atoms with Gasteiger partial charge in [-0.05, 0) is 6.07 Å². The average Bonchev–Trinajstić information content (AvgIpc) is 2.15. The molecule has 1 amide bonds. The molecule has 0 spiro atoms. The average molecular weight is 295 g/mol. The molecule has 5 nitrogen and oxygen atoms in total. The van der Waals surface area contributed by atoms with Gasteiger partial charge in [0.05, 0.1) is 11.9 Å². The number of amides is 1. The Morgan fingerprint density at radius 2 is 2.00 bits per heavy atom. The highest BCUT2D eigenvalue weighted by molar-refractivity contribution is 7.92. The number of nitrogens with zero attached hydrogens (tertiary/aromatic N) is 2. The second-order valence-corrected chi connectivity index (χ2v) is 6.59. The van der Waals surface area contributed by atoms with Crippen molar-refractivity contribution in [2.75, 3.05) is 17.8 Å². The second kappa shape index (κ2) is 5.16. The second-order valence-electron chi connectivity index (χ2n) is 4.05. The summed E-state index contributed by atoms with van der Waals surface area (Å²) >= 11 is 0. The van der Waals surface area contributed by atoms with Crippen molar-refractivity contribution in [1.29, 1.82) is 0 Å². The van der Waals surface area contributed by atoms with Gasteiger partial charge in [-0.2, -0.15) is 17.5 Å². The number of anilines is 1. The van der Waals surface area contributed by atoms with Crippen molar-refractivity contribution in [2.45, 2.75) is 13.1 Å². The molecule has 0 saturated carbocycles. The first-order valence-electron chi connectivity index (χ1n) is 5.01. The normalized spacial score (nSPS) is 12.1. The highest BCUT2D eigenvalue weighted by Gasteiger charge is 2.35. The third-order valence-corrected chi connectivity index (χ3v) is 2.41. The lowest BCUT2D eigenvalue weighted by molar-refractivity contribution is -0.137. The van der Waals surface area contributed by atoms with E-state index < -0.39 is 33.2 Å². The van der Waals surface area contributed by atoms with Crippen molar-refractivity contribution in [3.8, 4) is 0 Å². The molecule has 0 saturated heterocycles. The van der Waals surface area contributed by atoms with Crippen LogP contribution in [0.5, 0.6) is 0 Å². The summed E-state index contributed by atoms with van der Waals surface area (Å²) < 4.78 is 53.4. The van der Waals surface area contributed by atoms with E-state index in [0.29, 0.717) is 6.07 Å². The quantitative estimate of drug-likeness (QED) is 0.910. The Morgan fingerprint density at radius 3 is 2.42 bits per heavy atom. The van der Waals surface area contributed by atoms with Crippen LogP contribution in [-0.4, -0.2) is 27.6 Å². The molecule has 1 rings (SSSR count). The van der Waals surface area contributed by atoms with Crippen LogP contribution in [0.15, 0.2) is 16.6 Å². The van der Waals surface area contributed by atoms with Crippen LogP contribution in [0.2, 0.25) is 0 Å². The predicted molar refractivity (Wildman–Crippen MR) is 65.6 cm³/mol. The molecule has 1 aromatic rings. The Hall–Kier alpha value is -1.64. The molecule has 1 heterocycles. The van der Waals surface area contributed by atoms with Crippen LogP contribution in [0, 0.1) is 0 Å².